The number of benzene rings is 2. The molecule has 0 radical (unpaired) electrons. The van der Waals surface area contributed by atoms with Gasteiger partial charge in [0.25, 0.3) is 0 Å². The number of unbranched alkanes of at least 4 members (excludes halogenated alkanes) is 5. The largest absolute Gasteiger partial charge is 0.494 e. The minimum atomic E-state index is 0.247. The van der Waals surface area contributed by atoms with Crippen molar-refractivity contribution in [1.82, 2.24) is 5.32 Å². The molecule has 2 aromatic rings. The van der Waals surface area contributed by atoms with E-state index in [2.05, 4.69) is 16.0 Å². The van der Waals surface area contributed by atoms with E-state index in [1.807, 2.05) is 30.3 Å². The Kier molecular flexibility index (Phi) is 11.7. The highest BCUT2D eigenvalue weighted by Gasteiger charge is 2.03. The summed E-state index contributed by atoms with van der Waals surface area (Å²) in [5, 5.41) is 11.2. The Bertz CT molecular complexity index is 867. The third-order valence-corrected chi connectivity index (χ3v) is 5.30. The van der Waals surface area contributed by atoms with Gasteiger partial charge in [-0.15, -0.1) is 0 Å². The molecule has 0 aromatic heterocycles. The Morgan fingerprint density at radius 1 is 0.903 bits per heavy atom. The molecule has 0 heterocycles. The summed E-state index contributed by atoms with van der Waals surface area (Å²) in [6.45, 7) is 1.53. The van der Waals surface area contributed by atoms with E-state index in [1.54, 1.807) is 12.1 Å². The molecule has 9 heteroatoms. The Morgan fingerprint density at radius 2 is 1.65 bits per heavy atom. The molecule has 5 N–H and O–H groups in total. The molecule has 0 bridgehead atoms. The maximum absolute atomic E-state index is 6.13. The highest BCUT2D eigenvalue weighted by atomic mass is 35.5. The van der Waals surface area contributed by atoms with Crippen LogP contribution in [0.1, 0.15) is 38.5 Å². The smallest absolute Gasteiger partial charge is 0.170 e. The Balaban J connectivity index is 1.47. The number of thiocarbonyl (C=S) groups is 2. The molecule has 0 saturated heterocycles. The van der Waals surface area contributed by atoms with Gasteiger partial charge in [-0.25, -0.2) is 0 Å². The van der Waals surface area contributed by atoms with Crippen molar-refractivity contribution in [2.45, 2.75) is 38.5 Å². The molecule has 0 unspecified atom stereocenters. The van der Waals surface area contributed by atoms with Crippen LogP contribution in [0.2, 0.25) is 10.0 Å². The zero-order valence-corrected chi connectivity index (χ0v) is 20.4. The van der Waals surface area contributed by atoms with Gasteiger partial charge in [0.1, 0.15) is 5.75 Å². The van der Waals surface area contributed by atoms with Crippen LogP contribution in [0, 0.1) is 0 Å². The molecule has 0 saturated carbocycles. The number of nitrogens with one attached hydrogen (secondary N) is 3. The number of rotatable bonds is 12. The van der Waals surface area contributed by atoms with E-state index in [0.717, 1.165) is 49.4 Å². The summed E-state index contributed by atoms with van der Waals surface area (Å²) in [6.07, 6.45) is 6.78. The van der Waals surface area contributed by atoms with E-state index >= 15 is 0 Å². The average molecular weight is 500 g/mol. The predicted molar refractivity (Wildman–Crippen MR) is 141 cm³/mol. The van der Waals surface area contributed by atoms with Crippen LogP contribution in [0.5, 0.6) is 5.75 Å². The molecule has 0 aliphatic rings. The molecule has 5 nitrogen and oxygen atoms in total. The highest BCUT2D eigenvalue weighted by Crippen LogP contribution is 2.25. The van der Waals surface area contributed by atoms with Gasteiger partial charge in [0.2, 0.25) is 0 Å². The van der Waals surface area contributed by atoms with E-state index in [-0.39, 0.29) is 5.11 Å². The Morgan fingerprint density at radius 3 is 2.39 bits per heavy atom. The lowest BCUT2D eigenvalue weighted by atomic mass is 10.1. The molecule has 0 atom stereocenters. The van der Waals surface area contributed by atoms with Gasteiger partial charge in [0, 0.05) is 23.3 Å². The second kappa shape index (κ2) is 14.3. The molecule has 168 valence electrons. The number of nitrogens with two attached hydrogens (primary N) is 1. The summed E-state index contributed by atoms with van der Waals surface area (Å²) in [5.74, 6) is 0.816. The number of halogens is 2. The monoisotopic (exact) mass is 498 g/mol. The fourth-order valence-electron chi connectivity index (χ4n) is 2.89. The number of hydrogen-bond acceptors (Lipinski definition) is 3. The first kappa shape index (κ1) is 25.5. The van der Waals surface area contributed by atoms with Gasteiger partial charge in [0.05, 0.1) is 17.3 Å². The van der Waals surface area contributed by atoms with Crippen molar-refractivity contribution >= 4 is 69.2 Å². The third-order valence-electron chi connectivity index (χ3n) is 4.41. The summed E-state index contributed by atoms with van der Waals surface area (Å²) in [5.41, 5.74) is 7.07. The Labute approximate surface area is 205 Å². The third kappa shape index (κ3) is 10.9. The van der Waals surface area contributed by atoms with Crippen LogP contribution in [0.4, 0.5) is 11.4 Å². The fourth-order valence-corrected chi connectivity index (χ4v) is 3.67. The van der Waals surface area contributed by atoms with Gasteiger partial charge in [0.15, 0.2) is 10.2 Å². The van der Waals surface area contributed by atoms with Crippen molar-refractivity contribution < 1.29 is 4.74 Å². The lowest BCUT2D eigenvalue weighted by Gasteiger charge is -2.12. The first-order valence-corrected chi connectivity index (χ1v) is 11.8. The topological polar surface area (TPSA) is 71.3 Å². The van der Waals surface area contributed by atoms with E-state index in [1.165, 1.54) is 12.8 Å². The van der Waals surface area contributed by atoms with E-state index < -0.39 is 0 Å². The molecule has 0 amide bonds. The van der Waals surface area contributed by atoms with Gasteiger partial charge < -0.3 is 26.4 Å². The molecular formula is C22H28Cl2N4OS2. The molecule has 0 aliphatic heterocycles. The second-order valence-corrected chi connectivity index (χ2v) is 8.68. The van der Waals surface area contributed by atoms with Gasteiger partial charge >= 0.3 is 0 Å². The van der Waals surface area contributed by atoms with Crippen LogP contribution >= 0.6 is 47.6 Å². The predicted octanol–water partition coefficient (Wildman–Crippen LogP) is 6.35. The van der Waals surface area contributed by atoms with Crippen LogP contribution in [-0.2, 0) is 0 Å². The van der Waals surface area contributed by atoms with E-state index in [0.29, 0.717) is 21.8 Å². The molecule has 2 aromatic carbocycles. The molecule has 2 rings (SSSR count). The maximum Gasteiger partial charge on any atom is 0.170 e. The van der Waals surface area contributed by atoms with Crippen molar-refractivity contribution in [3.05, 3.63) is 52.5 Å². The van der Waals surface area contributed by atoms with Crippen molar-refractivity contribution in [1.29, 1.82) is 0 Å². The number of ether oxygens (including phenoxy) is 1. The van der Waals surface area contributed by atoms with Crippen LogP contribution in [0.15, 0.2) is 42.5 Å². The summed E-state index contributed by atoms with van der Waals surface area (Å²) in [7, 11) is 0. The lowest BCUT2D eigenvalue weighted by molar-refractivity contribution is 0.304. The zero-order valence-electron chi connectivity index (χ0n) is 17.3. The Hall–Kier alpha value is -1.80. The SMILES string of the molecule is NC(=S)Nc1cccc(OCCCCCCCCNC(=S)Nc2ccc(Cl)cc2Cl)c1. The van der Waals surface area contributed by atoms with Crippen molar-refractivity contribution in [3.63, 3.8) is 0 Å². The van der Waals surface area contributed by atoms with Crippen molar-refractivity contribution in [2.24, 2.45) is 5.73 Å². The molecular weight excluding hydrogens is 471 g/mol. The van der Waals surface area contributed by atoms with Crippen LogP contribution in [0.3, 0.4) is 0 Å². The zero-order chi connectivity index (χ0) is 22.5. The van der Waals surface area contributed by atoms with Crippen molar-refractivity contribution in [2.75, 3.05) is 23.8 Å². The minimum Gasteiger partial charge on any atom is -0.494 e. The van der Waals surface area contributed by atoms with Gasteiger partial charge in [-0.2, -0.15) is 0 Å². The van der Waals surface area contributed by atoms with Gasteiger partial charge in [-0.1, -0.05) is 55.0 Å². The first-order chi connectivity index (χ1) is 14.9. The van der Waals surface area contributed by atoms with Crippen molar-refractivity contribution in [3.8, 4) is 5.75 Å². The van der Waals surface area contributed by atoms with Gasteiger partial charge in [-0.05, 0) is 67.6 Å². The van der Waals surface area contributed by atoms with Crippen LogP contribution in [0.25, 0.3) is 0 Å². The summed E-state index contributed by atoms with van der Waals surface area (Å²) in [6, 6.07) is 12.9. The van der Waals surface area contributed by atoms with E-state index in [4.69, 9.17) is 58.1 Å². The molecule has 0 fully saturated rings. The lowest BCUT2D eigenvalue weighted by Crippen LogP contribution is -2.29. The van der Waals surface area contributed by atoms with Gasteiger partial charge in [-0.3, -0.25) is 0 Å². The number of anilines is 2. The maximum atomic E-state index is 6.13. The second-order valence-electron chi connectivity index (χ2n) is 6.99. The normalized spacial score (nSPS) is 10.4. The summed E-state index contributed by atoms with van der Waals surface area (Å²) >= 11 is 22.2. The average Bonchev–Trinajstić information content (AvgIpc) is 2.71. The standard InChI is InChI=1S/C22H28Cl2N4OS2/c23-16-10-11-20(19(24)14-16)28-22(31)26-12-5-3-1-2-4-6-13-29-18-9-7-8-17(15-18)27-21(25)30/h7-11,14-15H,1-6,12-13H2,(H3,25,27,30)(H2,26,28,31). The first-order valence-electron chi connectivity index (χ1n) is 10.2. The molecule has 0 aliphatic carbocycles. The van der Waals surface area contributed by atoms with Crippen LogP contribution < -0.4 is 26.4 Å². The molecule has 0 spiro atoms. The molecule has 31 heavy (non-hydrogen) atoms. The summed E-state index contributed by atoms with van der Waals surface area (Å²) in [4.78, 5) is 0. The van der Waals surface area contributed by atoms with E-state index in [9.17, 15) is 0 Å². The minimum absolute atomic E-state index is 0.247. The number of hydrogen-bond donors (Lipinski definition) is 4. The quantitative estimate of drug-likeness (QED) is 0.200. The highest BCUT2D eigenvalue weighted by molar-refractivity contribution is 7.80. The fraction of sp³-hybridized carbons (Fsp3) is 0.364. The van der Waals surface area contributed by atoms with Crippen LogP contribution in [-0.4, -0.2) is 23.4 Å². The summed E-state index contributed by atoms with van der Waals surface area (Å²) < 4.78 is 5.79.